The molecule has 124 valence electrons. The van der Waals surface area contributed by atoms with Crippen LogP contribution in [-0.2, 0) is 28.5 Å². The van der Waals surface area contributed by atoms with Gasteiger partial charge in [0.25, 0.3) is 0 Å². The summed E-state index contributed by atoms with van der Waals surface area (Å²) in [5, 5.41) is 0. The largest absolute Gasteiger partial charge is 0.464 e. The van der Waals surface area contributed by atoms with Crippen LogP contribution in [0.5, 0.6) is 0 Å². The maximum absolute atomic E-state index is 11.9. The van der Waals surface area contributed by atoms with Crippen LogP contribution < -0.4 is 5.73 Å². The van der Waals surface area contributed by atoms with E-state index >= 15 is 0 Å². The molecule has 0 bridgehead atoms. The number of rotatable bonds is 11. The summed E-state index contributed by atoms with van der Waals surface area (Å²) in [6.07, 6.45) is -0.0920. The van der Waals surface area contributed by atoms with Gasteiger partial charge < -0.3 is 24.7 Å². The fourth-order valence-electron chi connectivity index (χ4n) is 1.57. The third-order valence-corrected chi connectivity index (χ3v) is 3.08. The minimum Gasteiger partial charge on any atom is -0.464 e. The smallest absolute Gasteiger partial charge is 0.337 e. The first-order valence-electron chi connectivity index (χ1n) is 6.76. The standard InChI is InChI=1S/C13H24ClNO6/c1-4-19-11(16)13(15,12(17)20-5-2)7-6-10(8-14)21-9-18-3/h10H,4-9,15H2,1-3H3/t10-/m0/s1. The van der Waals surface area contributed by atoms with Crippen molar-refractivity contribution >= 4 is 23.5 Å². The topological polar surface area (TPSA) is 97.1 Å². The molecule has 0 unspecified atom stereocenters. The Labute approximate surface area is 130 Å². The molecule has 21 heavy (non-hydrogen) atoms. The minimum atomic E-state index is -1.85. The van der Waals surface area contributed by atoms with E-state index in [0.717, 1.165) is 0 Å². The van der Waals surface area contributed by atoms with Gasteiger partial charge in [0.15, 0.2) is 0 Å². The van der Waals surface area contributed by atoms with Crippen LogP contribution in [0.4, 0.5) is 0 Å². The van der Waals surface area contributed by atoms with Crippen LogP contribution in [0.1, 0.15) is 26.7 Å². The SMILES string of the molecule is CCOC(=O)C(N)(CC[C@@H](CCl)OCOC)C(=O)OCC. The predicted octanol–water partition coefficient (Wildman–Crippen LogP) is 0.818. The molecular weight excluding hydrogens is 302 g/mol. The Kier molecular flexibility index (Phi) is 10.3. The molecule has 1 atom stereocenters. The second kappa shape index (κ2) is 10.8. The Balaban J connectivity index is 4.81. The van der Waals surface area contributed by atoms with Crippen molar-refractivity contribution in [3.63, 3.8) is 0 Å². The van der Waals surface area contributed by atoms with Gasteiger partial charge in [-0.05, 0) is 26.7 Å². The van der Waals surface area contributed by atoms with Crippen LogP contribution in [0.3, 0.4) is 0 Å². The molecule has 0 aromatic heterocycles. The molecule has 0 spiro atoms. The van der Waals surface area contributed by atoms with E-state index in [4.69, 9.17) is 36.3 Å². The summed E-state index contributed by atoms with van der Waals surface area (Å²) in [7, 11) is 1.48. The molecule has 0 fully saturated rings. The first-order chi connectivity index (χ1) is 9.96. The lowest BCUT2D eigenvalue weighted by molar-refractivity contribution is -0.165. The maximum Gasteiger partial charge on any atom is 0.337 e. The number of hydrogen-bond acceptors (Lipinski definition) is 7. The molecule has 2 N–H and O–H groups in total. The summed E-state index contributed by atoms with van der Waals surface area (Å²) in [6, 6.07) is 0. The molecular formula is C13H24ClNO6. The molecule has 0 saturated carbocycles. The van der Waals surface area contributed by atoms with Crippen LogP contribution in [-0.4, -0.2) is 56.6 Å². The monoisotopic (exact) mass is 325 g/mol. The zero-order valence-corrected chi connectivity index (χ0v) is 13.5. The highest BCUT2D eigenvalue weighted by Crippen LogP contribution is 2.18. The average Bonchev–Trinajstić information content (AvgIpc) is 2.47. The summed E-state index contributed by atoms with van der Waals surface area (Å²) in [4.78, 5) is 23.9. The van der Waals surface area contributed by atoms with Crippen molar-refractivity contribution in [2.24, 2.45) is 5.73 Å². The van der Waals surface area contributed by atoms with E-state index in [1.165, 1.54) is 7.11 Å². The Bertz CT molecular complexity index is 308. The van der Waals surface area contributed by atoms with Crippen molar-refractivity contribution in [2.45, 2.75) is 38.3 Å². The van der Waals surface area contributed by atoms with Crippen molar-refractivity contribution < 1.29 is 28.5 Å². The number of ether oxygens (including phenoxy) is 4. The van der Waals surface area contributed by atoms with Crippen molar-refractivity contribution in [2.75, 3.05) is 33.0 Å². The number of esters is 2. The molecule has 0 aromatic carbocycles. The first kappa shape index (κ1) is 20.1. The summed E-state index contributed by atoms with van der Waals surface area (Å²) < 4.78 is 19.8. The number of carbonyl (C=O) groups is 2. The summed E-state index contributed by atoms with van der Waals surface area (Å²) in [5.41, 5.74) is 4.06. The van der Waals surface area contributed by atoms with Gasteiger partial charge in [0, 0.05) is 13.0 Å². The van der Waals surface area contributed by atoms with E-state index in [2.05, 4.69) is 0 Å². The van der Waals surface area contributed by atoms with Gasteiger partial charge in [-0.15, -0.1) is 11.6 Å². The third-order valence-electron chi connectivity index (χ3n) is 2.73. The fraction of sp³-hybridized carbons (Fsp3) is 0.846. The van der Waals surface area contributed by atoms with Crippen molar-refractivity contribution in [1.82, 2.24) is 0 Å². The molecule has 0 aliphatic rings. The lowest BCUT2D eigenvalue weighted by Crippen LogP contribution is -2.57. The number of carbonyl (C=O) groups excluding carboxylic acids is 2. The van der Waals surface area contributed by atoms with Crippen LogP contribution in [0.15, 0.2) is 0 Å². The minimum absolute atomic E-state index is 0.00572. The van der Waals surface area contributed by atoms with E-state index in [9.17, 15) is 9.59 Å². The van der Waals surface area contributed by atoms with Gasteiger partial charge in [-0.3, -0.25) is 0 Å². The van der Waals surface area contributed by atoms with Gasteiger partial charge in [0.1, 0.15) is 6.79 Å². The maximum atomic E-state index is 11.9. The highest BCUT2D eigenvalue weighted by atomic mass is 35.5. The number of nitrogens with two attached hydrogens (primary N) is 1. The molecule has 0 amide bonds. The second-order valence-electron chi connectivity index (χ2n) is 4.30. The molecule has 0 rings (SSSR count). The lowest BCUT2D eigenvalue weighted by Gasteiger charge is -2.26. The number of methoxy groups -OCH3 is 1. The second-order valence-corrected chi connectivity index (χ2v) is 4.61. The van der Waals surface area contributed by atoms with Crippen molar-refractivity contribution in [3.05, 3.63) is 0 Å². The number of hydrogen-bond donors (Lipinski definition) is 1. The fourth-order valence-corrected chi connectivity index (χ4v) is 1.81. The zero-order valence-electron chi connectivity index (χ0n) is 12.7. The quantitative estimate of drug-likeness (QED) is 0.260. The van der Waals surface area contributed by atoms with Gasteiger partial charge in [-0.25, -0.2) is 9.59 Å². The van der Waals surface area contributed by atoms with E-state index < -0.39 is 23.6 Å². The van der Waals surface area contributed by atoms with Gasteiger partial charge in [-0.1, -0.05) is 0 Å². The number of halogens is 1. The molecule has 0 aromatic rings. The molecule has 8 heteroatoms. The highest BCUT2D eigenvalue weighted by molar-refractivity contribution is 6.18. The lowest BCUT2D eigenvalue weighted by atomic mass is 9.93. The highest BCUT2D eigenvalue weighted by Gasteiger charge is 2.45. The third kappa shape index (κ3) is 6.60. The summed E-state index contributed by atoms with van der Waals surface area (Å²) in [5.74, 6) is -1.45. The Morgan fingerprint density at radius 1 is 1.19 bits per heavy atom. The van der Waals surface area contributed by atoms with E-state index in [1.54, 1.807) is 13.8 Å². The summed E-state index contributed by atoms with van der Waals surface area (Å²) in [6.45, 7) is 3.57. The van der Waals surface area contributed by atoms with Gasteiger partial charge in [-0.2, -0.15) is 0 Å². The Morgan fingerprint density at radius 3 is 2.10 bits per heavy atom. The molecule has 0 radical (unpaired) electrons. The first-order valence-corrected chi connectivity index (χ1v) is 7.29. The molecule has 0 aliphatic carbocycles. The van der Waals surface area contributed by atoms with Crippen LogP contribution >= 0.6 is 11.6 Å². The van der Waals surface area contributed by atoms with Crippen molar-refractivity contribution in [3.8, 4) is 0 Å². The van der Waals surface area contributed by atoms with Gasteiger partial charge >= 0.3 is 11.9 Å². The number of alkyl halides is 1. The molecule has 0 aliphatic heterocycles. The molecule has 0 heterocycles. The Hall–Kier alpha value is -0.890. The van der Waals surface area contributed by atoms with Crippen LogP contribution in [0.2, 0.25) is 0 Å². The van der Waals surface area contributed by atoms with Crippen molar-refractivity contribution in [1.29, 1.82) is 0 Å². The van der Waals surface area contributed by atoms with E-state index in [1.807, 2.05) is 0 Å². The molecule has 0 saturated heterocycles. The molecule has 7 nitrogen and oxygen atoms in total. The predicted molar refractivity (Wildman–Crippen MR) is 76.9 cm³/mol. The van der Waals surface area contributed by atoms with E-state index in [-0.39, 0.29) is 32.3 Å². The average molecular weight is 326 g/mol. The van der Waals surface area contributed by atoms with Crippen LogP contribution in [0.25, 0.3) is 0 Å². The van der Waals surface area contributed by atoms with Gasteiger partial charge in [0.05, 0.1) is 19.3 Å². The van der Waals surface area contributed by atoms with E-state index in [0.29, 0.717) is 6.42 Å². The Morgan fingerprint density at radius 2 is 1.71 bits per heavy atom. The van der Waals surface area contributed by atoms with Gasteiger partial charge in [0.2, 0.25) is 5.54 Å². The zero-order chi connectivity index (χ0) is 16.3. The van der Waals surface area contributed by atoms with Crippen LogP contribution in [0, 0.1) is 0 Å². The normalized spacial score (nSPS) is 12.8. The summed E-state index contributed by atoms with van der Waals surface area (Å²) >= 11 is 5.76.